The van der Waals surface area contributed by atoms with Crippen LogP contribution in [0.5, 0.6) is 0 Å². The molecule has 1 fully saturated rings. The molecule has 1 unspecified atom stereocenters. The molecule has 138 valence electrons. The fourth-order valence-electron chi connectivity index (χ4n) is 3.09. The fourth-order valence-corrected chi connectivity index (χ4v) is 3.09. The molecule has 1 aromatic heterocycles. The smallest absolute Gasteiger partial charge is 0.191 e. The summed E-state index contributed by atoms with van der Waals surface area (Å²) in [5.41, 5.74) is 2.10. The molecule has 0 spiro atoms. The molecule has 0 saturated carbocycles. The second kappa shape index (κ2) is 10.0. The summed E-state index contributed by atoms with van der Waals surface area (Å²) in [5.74, 6) is 1.75. The Morgan fingerprint density at radius 3 is 2.84 bits per heavy atom. The van der Waals surface area contributed by atoms with Crippen LogP contribution in [0.4, 0.5) is 0 Å². The quantitative estimate of drug-likeness (QED) is 0.392. The van der Waals surface area contributed by atoms with E-state index in [-0.39, 0.29) is 24.0 Å². The largest absolute Gasteiger partial charge is 0.459 e. The number of guanidine groups is 1. The van der Waals surface area contributed by atoms with Gasteiger partial charge in [-0.2, -0.15) is 0 Å². The van der Waals surface area contributed by atoms with Gasteiger partial charge < -0.3 is 19.8 Å². The summed E-state index contributed by atoms with van der Waals surface area (Å²) in [7, 11) is 0. The summed E-state index contributed by atoms with van der Waals surface area (Å²) >= 11 is 0. The minimum atomic E-state index is 0. The van der Waals surface area contributed by atoms with Gasteiger partial charge in [0.05, 0.1) is 6.10 Å². The lowest BCUT2D eigenvalue weighted by molar-refractivity contribution is 0.105. The summed E-state index contributed by atoms with van der Waals surface area (Å²) in [4.78, 5) is 4.66. The molecule has 1 aromatic carbocycles. The third kappa shape index (κ3) is 5.34. The van der Waals surface area contributed by atoms with E-state index in [0.717, 1.165) is 43.4 Å². The number of halogens is 1. The van der Waals surface area contributed by atoms with Crippen LogP contribution in [0.3, 0.4) is 0 Å². The standard InChI is InChI=1S/C19H27N3O2.HI/c1-3-20-19(21-11-10-15-7-6-12-23-15)22-13-18-14(2)16-8-4-5-9-17(16)24-18;/h4-5,8-9,15H,3,6-7,10-13H2,1-2H3,(H2,20,21,22);1H. The minimum absolute atomic E-state index is 0. The number of nitrogens with zero attached hydrogens (tertiary/aromatic N) is 1. The van der Waals surface area contributed by atoms with Gasteiger partial charge in [-0.1, -0.05) is 18.2 Å². The monoisotopic (exact) mass is 457 g/mol. The Hall–Kier alpha value is -1.28. The van der Waals surface area contributed by atoms with Crippen molar-refractivity contribution in [1.29, 1.82) is 0 Å². The number of furan rings is 1. The van der Waals surface area contributed by atoms with Gasteiger partial charge in [-0.05, 0) is 39.2 Å². The Labute approximate surface area is 166 Å². The topological polar surface area (TPSA) is 58.8 Å². The molecule has 5 nitrogen and oxygen atoms in total. The van der Waals surface area contributed by atoms with E-state index in [1.54, 1.807) is 0 Å². The Morgan fingerprint density at radius 2 is 2.12 bits per heavy atom. The Morgan fingerprint density at radius 1 is 1.28 bits per heavy atom. The highest BCUT2D eigenvalue weighted by Crippen LogP contribution is 2.25. The van der Waals surface area contributed by atoms with Gasteiger partial charge in [-0.25, -0.2) is 4.99 Å². The molecule has 1 saturated heterocycles. The zero-order valence-electron chi connectivity index (χ0n) is 15.0. The molecular weight excluding hydrogens is 429 g/mol. The maximum absolute atomic E-state index is 5.93. The van der Waals surface area contributed by atoms with E-state index in [1.807, 2.05) is 18.2 Å². The van der Waals surface area contributed by atoms with Crippen LogP contribution < -0.4 is 10.6 Å². The molecule has 1 atom stereocenters. The molecule has 6 heteroatoms. The van der Waals surface area contributed by atoms with Crippen molar-refractivity contribution in [3.63, 3.8) is 0 Å². The van der Waals surface area contributed by atoms with E-state index in [0.29, 0.717) is 12.6 Å². The van der Waals surface area contributed by atoms with Gasteiger partial charge in [0, 0.05) is 30.6 Å². The molecule has 1 aliphatic rings. The number of rotatable bonds is 6. The highest BCUT2D eigenvalue weighted by atomic mass is 127. The Kier molecular flexibility index (Phi) is 8.02. The van der Waals surface area contributed by atoms with Gasteiger partial charge in [-0.3, -0.25) is 0 Å². The van der Waals surface area contributed by atoms with Gasteiger partial charge >= 0.3 is 0 Å². The molecule has 0 amide bonds. The van der Waals surface area contributed by atoms with Crippen LogP contribution in [0.25, 0.3) is 11.0 Å². The number of hydrogen-bond donors (Lipinski definition) is 2. The van der Waals surface area contributed by atoms with Crippen molar-refractivity contribution in [3.8, 4) is 0 Å². The van der Waals surface area contributed by atoms with E-state index >= 15 is 0 Å². The molecule has 3 rings (SSSR count). The average molecular weight is 457 g/mol. The highest BCUT2D eigenvalue weighted by Gasteiger charge is 2.15. The van der Waals surface area contributed by atoms with Gasteiger partial charge in [0.15, 0.2) is 5.96 Å². The second-order valence-corrected chi connectivity index (χ2v) is 6.19. The zero-order chi connectivity index (χ0) is 16.8. The van der Waals surface area contributed by atoms with Crippen molar-refractivity contribution >= 4 is 40.9 Å². The molecule has 25 heavy (non-hydrogen) atoms. The van der Waals surface area contributed by atoms with Gasteiger partial charge in [0.25, 0.3) is 0 Å². The van der Waals surface area contributed by atoms with E-state index in [9.17, 15) is 0 Å². The average Bonchev–Trinajstić information content (AvgIpc) is 3.21. The first kappa shape index (κ1) is 20.0. The van der Waals surface area contributed by atoms with Crippen LogP contribution in [-0.4, -0.2) is 31.8 Å². The lowest BCUT2D eigenvalue weighted by Crippen LogP contribution is -2.38. The first-order valence-electron chi connectivity index (χ1n) is 8.88. The maximum atomic E-state index is 5.93. The maximum Gasteiger partial charge on any atom is 0.191 e. The first-order chi connectivity index (χ1) is 11.8. The third-order valence-electron chi connectivity index (χ3n) is 4.45. The lowest BCUT2D eigenvalue weighted by atomic mass is 10.1. The summed E-state index contributed by atoms with van der Waals surface area (Å²) in [5, 5.41) is 7.84. The van der Waals surface area contributed by atoms with Crippen LogP contribution in [0.2, 0.25) is 0 Å². The van der Waals surface area contributed by atoms with E-state index in [4.69, 9.17) is 9.15 Å². The van der Waals surface area contributed by atoms with Crippen LogP contribution >= 0.6 is 24.0 Å². The molecule has 1 aliphatic heterocycles. The van der Waals surface area contributed by atoms with Crippen LogP contribution in [0.1, 0.15) is 37.5 Å². The van der Waals surface area contributed by atoms with Crippen LogP contribution in [0, 0.1) is 6.92 Å². The number of fused-ring (bicyclic) bond motifs is 1. The van der Waals surface area contributed by atoms with Crippen molar-refractivity contribution < 1.29 is 9.15 Å². The molecule has 2 heterocycles. The predicted octanol–water partition coefficient (Wildman–Crippen LogP) is 3.98. The zero-order valence-corrected chi connectivity index (χ0v) is 17.3. The van der Waals surface area contributed by atoms with Crippen molar-refractivity contribution in [2.45, 2.75) is 45.8 Å². The molecule has 0 radical (unpaired) electrons. The molecule has 2 N–H and O–H groups in total. The second-order valence-electron chi connectivity index (χ2n) is 6.19. The molecule has 2 aromatic rings. The number of aryl methyl sites for hydroxylation is 1. The van der Waals surface area contributed by atoms with E-state index < -0.39 is 0 Å². The first-order valence-corrected chi connectivity index (χ1v) is 8.88. The van der Waals surface area contributed by atoms with Gasteiger partial charge in [0.1, 0.15) is 17.9 Å². The van der Waals surface area contributed by atoms with E-state index in [2.05, 4.69) is 35.5 Å². The SMILES string of the molecule is CCNC(=NCc1oc2ccccc2c1C)NCCC1CCCO1.I. The number of ether oxygens (including phenoxy) is 1. The number of benzene rings is 1. The summed E-state index contributed by atoms with van der Waals surface area (Å²) in [6, 6.07) is 8.12. The predicted molar refractivity (Wildman–Crippen MR) is 113 cm³/mol. The van der Waals surface area contributed by atoms with Crippen molar-refractivity contribution in [3.05, 3.63) is 35.6 Å². The summed E-state index contributed by atoms with van der Waals surface area (Å²) < 4.78 is 11.6. The third-order valence-corrected chi connectivity index (χ3v) is 4.45. The molecule has 0 bridgehead atoms. The summed E-state index contributed by atoms with van der Waals surface area (Å²) in [6.45, 7) is 7.32. The fraction of sp³-hybridized carbons (Fsp3) is 0.526. The van der Waals surface area contributed by atoms with Gasteiger partial charge in [0.2, 0.25) is 0 Å². The van der Waals surface area contributed by atoms with Crippen LogP contribution in [0.15, 0.2) is 33.7 Å². The number of nitrogens with one attached hydrogen (secondary N) is 2. The Balaban J connectivity index is 0.00000225. The van der Waals surface area contributed by atoms with Crippen LogP contribution in [-0.2, 0) is 11.3 Å². The summed E-state index contributed by atoms with van der Waals surface area (Å²) in [6.07, 6.45) is 3.78. The van der Waals surface area contributed by atoms with Gasteiger partial charge in [-0.15, -0.1) is 24.0 Å². The number of para-hydroxylation sites is 1. The van der Waals surface area contributed by atoms with Crippen molar-refractivity contribution in [2.75, 3.05) is 19.7 Å². The van der Waals surface area contributed by atoms with Crippen molar-refractivity contribution in [1.82, 2.24) is 10.6 Å². The molecular formula is C19H28IN3O2. The number of aliphatic imine (C=N–C) groups is 1. The Bertz CT molecular complexity index is 693. The normalized spacial score (nSPS) is 17.5. The molecule has 0 aliphatic carbocycles. The van der Waals surface area contributed by atoms with E-state index in [1.165, 1.54) is 23.8 Å². The van der Waals surface area contributed by atoms with Crippen molar-refractivity contribution in [2.24, 2.45) is 4.99 Å². The number of hydrogen-bond acceptors (Lipinski definition) is 3. The highest BCUT2D eigenvalue weighted by molar-refractivity contribution is 14.0. The lowest BCUT2D eigenvalue weighted by Gasteiger charge is -2.13. The minimum Gasteiger partial charge on any atom is -0.459 e.